The van der Waals surface area contributed by atoms with E-state index in [4.69, 9.17) is 5.73 Å². The Labute approximate surface area is 119 Å². The monoisotopic (exact) mass is 289 g/mol. The molecule has 0 spiro atoms. The minimum Gasteiger partial charge on any atom is -0.368 e. The highest BCUT2D eigenvalue weighted by atomic mass is 32.1. The van der Waals surface area contributed by atoms with Gasteiger partial charge in [0.05, 0.1) is 12.9 Å². The first-order valence-corrected chi connectivity index (χ1v) is 7.10. The Morgan fingerprint density at radius 1 is 1.35 bits per heavy atom. The largest absolute Gasteiger partial charge is 0.368 e. The second-order valence-corrected chi connectivity index (χ2v) is 5.64. The van der Waals surface area contributed by atoms with E-state index in [1.165, 1.54) is 4.88 Å². The molecule has 0 atom stereocenters. The highest BCUT2D eigenvalue weighted by Crippen LogP contribution is 2.23. The molecule has 0 aliphatic rings. The number of H-pyrrole nitrogens is 1. The van der Waals surface area contributed by atoms with Crippen LogP contribution in [0.1, 0.15) is 16.8 Å². The fourth-order valence-corrected chi connectivity index (χ4v) is 2.89. The quantitative estimate of drug-likeness (QED) is 0.757. The van der Waals surface area contributed by atoms with Crippen LogP contribution >= 0.6 is 11.3 Å². The van der Waals surface area contributed by atoms with Crippen LogP contribution in [-0.2, 0) is 13.0 Å². The number of nitrogens with two attached hydrogens (primary N) is 1. The number of aromatic nitrogens is 5. The SMILES string of the molecule is CCc1cnc(CN(C)c2nc(N)nc3nc[nH]c23)s1. The molecule has 0 amide bonds. The summed E-state index contributed by atoms with van der Waals surface area (Å²) in [7, 11) is 1.95. The number of nitrogens with zero attached hydrogens (tertiary/aromatic N) is 5. The summed E-state index contributed by atoms with van der Waals surface area (Å²) in [6.45, 7) is 2.80. The van der Waals surface area contributed by atoms with Gasteiger partial charge in [0.1, 0.15) is 10.5 Å². The van der Waals surface area contributed by atoms with Crippen molar-refractivity contribution >= 4 is 34.3 Å². The molecule has 104 valence electrons. The Kier molecular flexibility index (Phi) is 3.23. The van der Waals surface area contributed by atoms with E-state index >= 15 is 0 Å². The zero-order valence-electron chi connectivity index (χ0n) is 11.3. The van der Waals surface area contributed by atoms with Gasteiger partial charge in [-0.25, -0.2) is 9.97 Å². The average molecular weight is 289 g/mol. The van der Waals surface area contributed by atoms with Gasteiger partial charge in [-0.15, -0.1) is 11.3 Å². The summed E-state index contributed by atoms with van der Waals surface area (Å²) < 4.78 is 0. The second-order valence-electron chi connectivity index (χ2n) is 4.44. The fraction of sp³-hybridized carbons (Fsp3) is 0.333. The van der Waals surface area contributed by atoms with E-state index in [0.29, 0.717) is 12.2 Å². The van der Waals surface area contributed by atoms with Crippen molar-refractivity contribution in [2.24, 2.45) is 0 Å². The number of anilines is 2. The molecule has 0 saturated carbocycles. The van der Waals surface area contributed by atoms with Crippen molar-refractivity contribution in [2.75, 3.05) is 17.7 Å². The molecule has 0 saturated heterocycles. The van der Waals surface area contributed by atoms with Crippen molar-refractivity contribution in [1.82, 2.24) is 24.9 Å². The number of imidazole rings is 1. The molecular weight excluding hydrogens is 274 g/mol. The maximum atomic E-state index is 5.72. The number of fused-ring (bicyclic) bond motifs is 1. The van der Waals surface area contributed by atoms with E-state index in [2.05, 4.69) is 31.8 Å². The third-order valence-corrected chi connectivity index (χ3v) is 4.09. The molecule has 7 nitrogen and oxygen atoms in total. The van der Waals surface area contributed by atoms with Crippen molar-refractivity contribution in [2.45, 2.75) is 19.9 Å². The Hall–Kier alpha value is -2.22. The number of thiazole rings is 1. The molecule has 0 fully saturated rings. The van der Waals surface area contributed by atoms with Crippen LogP contribution in [0.3, 0.4) is 0 Å². The summed E-state index contributed by atoms with van der Waals surface area (Å²) in [5, 5.41) is 1.05. The van der Waals surface area contributed by atoms with Gasteiger partial charge in [0.2, 0.25) is 5.95 Å². The molecule has 3 aromatic rings. The van der Waals surface area contributed by atoms with E-state index in [1.54, 1.807) is 17.7 Å². The van der Waals surface area contributed by atoms with Crippen molar-refractivity contribution in [3.63, 3.8) is 0 Å². The molecule has 0 radical (unpaired) electrons. The standard InChI is InChI=1S/C12H15N7S/c1-3-7-4-14-8(20-7)5-19(2)11-9-10(16-6-15-9)17-12(13)18-11/h4,6H,3,5H2,1-2H3,(H3,13,15,16,17,18). The molecule has 0 unspecified atom stereocenters. The second kappa shape index (κ2) is 5.04. The molecule has 20 heavy (non-hydrogen) atoms. The predicted molar refractivity (Wildman–Crippen MR) is 79.7 cm³/mol. The van der Waals surface area contributed by atoms with Gasteiger partial charge in [0, 0.05) is 18.1 Å². The average Bonchev–Trinajstić information content (AvgIpc) is 3.05. The van der Waals surface area contributed by atoms with Gasteiger partial charge in [-0.1, -0.05) is 6.92 Å². The first kappa shape index (κ1) is 12.8. The highest BCUT2D eigenvalue weighted by Gasteiger charge is 2.14. The molecule has 0 aliphatic heterocycles. The predicted octanol–water partition coefficient (Wildman–Crippen LogP) is 1.59. The Morgan fingerprint density at radius 2 is 2.20 bits per heavy atom. The lowest BCUT2D eigenvalue weighted by Gasteiger charge is -2.17. The maximum Gasteiger partial charge on any atom is 0.224 e. The molecule has 0 aromatic carbocycles. The first-order chi connectivity index (χ1) is 9.67. The van der Waals surface area contributed by atoms with Gasteiger partial charge in [0.15, 0.2) is 11.5 Å². The van der Waals surface area contributed by atoms with E-state index in [1.807, 2.05) is 18.1 Å². The third-order valence-electron chi connectivity index (χ3n) is 2.97. The summed E-state index contributed by atoms with van der Waals surface area (Å²) in [6, 6.07) is 0. The smallest absolute Gasteiger partial charge is 0.224 e. The Morgan fingerprint density at radius 3 is 2.95 bits per heavy atom. The van der Waals surface area contributed by atoms with E-state index in [-0.39, 0.29) is 5.95 Å². The van der Waals surface area contributed by atoms with Crippen LogP contribution in [-0.4, -0.2) is 32.0 Å². The number of hydrogen-bond acceptors (Lipinski definition) is 7. The van der Waals surface area contributed by atoms with E-state index < -0.39 is 0 Å². The minimum absolute atomic E-state index is 0.222. The molecule has 8 heteroatoms. The maximum absolute atomic E-state index is 5.72. The van der Waals surface area contributed by atoms with Gasteiger partial charge in [-0.05, 0) is 6.42 Å². The molecule has 3 N–H and O–H groups in total. The summed E-state index contributed by atoms with van der Waals surface area (Å²) >= 11 is 1.71. The van der Waals surface area contributed by atoms with Crippen LogP contribution in [0.15, 0.2) is 12.5 Å². The summed E-state index contributed by atoms with van der Waals surface area (Å²) in [5.74, 6) is 0.957. The topological polar surface area (TPSA) is 96.6 Å². The van der Waals surface area contributed by atoms with E-state index in [0.717, 1.165) is 22.8 Å². The summed E-state index contributed by atoms with van der Waals surface area (Å²) in [4.78, 5) is 23.2. The molecule has 0 bridgehead atoms. The highest BCUT2D eigenvalue weighted by molar-refractivity contribution is 7.11. The Bertz CT molecular complexity index is 732. The zero-order valence-corrected chi connectivity index (χ0v) is 12.1. The number of aryl methyl sites for hydroxylation is 1. The van der Waals surface area contributed by atoms with Gasteiger partial charge < -0.3 is 15.6 Å². The normalized spacial score (nSPS) is 11.1. The lowest BCUT2D eigenvalue weighted by molar-refractivity contribution is 0.890. The van der Waals surface area contributed by atoms with Crippen LogP contribution in [0, 0.1) is 0 Å². The van der Waals surface area contributed by atoms with Crippen LogP contribution in [0.2, 0.25) is 0 Å². The molecule has 3 heterocycles. The molecule has 0 aliphatic carbocycles. The van der Waals surface area contributed by atoms with Gasteiger partial charge in [-0.2, -0.15) is 9.97 Å². The van der Waals surface area contributed by atoms with Crippen LogP contribution in [0.4, 0.5) is 11.8 Å². The lowest BCUT2D eigenvalue weighted by Crippen LogP contribution is -2.19. The van der Waals surface area contributed by atoms with Crippen molar-refractivity contribution < 1.29 is 0 Å². The van der Waals surface area contributed by atoms with Gasteiger partial charge in [0.25, 0.3) is 0 Å². The number of nitrogen functional groups attached to an aromatic ring is 1. The lowest BCUT2D eigenvalue weighted by atomic mass is 10.4. The Balaban J connectivity index is 1.91. The molecular formula is C12H15N7S. The first-order valence-electron chi connectivity index (χ1n) is 6.28. The minimum atomic E-state index is 0.222. The number of aromatic amines is 1. The van der Waals surface area contributed by atoms with Crippen molar-refractivity contribution in [3.8, 4) is 0 Å². The molecule has 3 rings (SSSR count). The van der Waals surface area contributed by atoms with E-state index in [9.17, 15) is 0 Å². The molecule has 3 aromatic heterocycles. The van der Waals surface area contributed by atoms with Crippen molar-refractivity contribution in [3.05, 3.63) is 22.4 Å². The summed E-state index contributed by atoms with van der Waals surface area (Å²) in [6.07, 6.45) is 4.52. The number of nitrogens with one attached hydrogen (secondary N) is 1. The van der Waals surface area contributed by atoms with Crippen LogP contribution in [0.5, 0.6) is 0 Å². The van der Waals surface area contributed by atoms with Gasteiger partial charge >= 0.3 is 0 Å². The van der Waals surface area contributed by atoms with Crippen LogP contribution in [0.25, 0.3) is 11.2 Å². The fourth-order valence-electron chi connectivity index (χ4n) is 1.97. The number of rotatable bonds is 4. The zero-order chi connectivity index (χ0) is 14.1. The van der Waals surface area contributed by atoms with Crippen molar-refractivity contribution in [1.29, 1.82) is 0 Å². The summed E-state index contributed by atoms with van der Waals surface area (Å²) in [5.41, 5.74) is 7.09. The van der Waals surface area contributed by atoms with Gasteiger partial charge in [-0.3, -0.25) is 0 Å². The van der Waals surface area contributed by atoms with Crippen LogP contribution < -0.4 is 10.6 Å². The number of hydrogen-bond donors (Lipinski definition) is 2. The third kappa shape index (κ3) is 2.29.